The minimum atomic E-state index is -3.49. The van der Waals surface area contributed by atoms with E-state index in [9.17, 15) is 22.0 Å². The van der Waals surface area contributed by atoms with Gasteiger partial charge in [0.2, 0.25) is 10.0 Å². The second-order valence-electron chi connectivity index (χ2n) is 16.4. The first-order valence-corrected chi connectivity index (χ1v) is 23.0. The van der Waals surface area contributed by atoms with Gasteiger partial charge in [-0.2, -0.15) is 4.31 Å². The van der Waals surface area contributed by atoms with Crippen molar-refractivity contribution in [2.24, 2.45) is 5.92 Å². The van der Waals surface area contributed by atoms with Crippen molar-refractivity contribution in [3.8, 4) is 28.0 Å². The Kier molecular flexibility index (Phi) is 12.4. The lowest BCUT2D eigenvalue weighted by Gasteiger charge is -2.32. The number of H-pyrrole nitrogens is 2. The third kappa shape index (κ3) is 9.18. The van der Waals surface area contributed by atoms with E-state index < -0.39 is 10.0 Å². The van der Waals surface area contributed by atoms with Gasteiger partial charge < -0.3 is 19.6 Å². The molecule has 4 heterocycles. The summed E-state index contributed by atoms with van der Waals surface area (Å²) in [6.45, 7) is 2.28. The Hall–Kier alpha value is -6.70. The molecule has 8 aromatic rings. The lowest BCUT2D eigenvalue weighted by atomic mass is 9.92. The molecule has 10 rings (SSSR count). The number of nitrogens with one attached hydrogen (secondary N) is 2. The van der Waals surface area contributed by atoms with Gasteiger partial charge in [0.15, 0.2) is 0 Å². The average molecular weight is 879 g/mol. The van der Waals surface area contributed by atoms with Gasteiger partial charge in [0.05, 0.1) is 39.6 Å². The minimum Gasteiger partial charge on any atom is -0.496 e. The molecular formula is C51H48F2N6O4S. The summed E-state index contributed by atoms with van der Waals surface area (Å²) in [5.41, 5.74) is 7.14. The lowest BCUT2D eigenvalue weighted by Crippen LogP contribution is -2.39. The van der Waals surface area contributed by atoms with Crippen LogP contribution in [0.3, 0.4) is 0 Å². The van der Waals surface area contributed by atoms with E-state index in [2.05, 4.69) is 15.0 Å². The zero-order valence-electron chi connectivity index (χ0n) is 35.4. The number of amides is 1. The van der Waals surface area contributed by atoms with Crippen molar-refractivity contribution in [2.75, 3.05) is 33.3 Å². The predicted octanol–water partition coefficient (Wildman–Crippen LogP) is 10.4. The van der Waals surface area contributed by atoms with E-state index in [4.69, 9.17) is 9.72 Å². The van der Waals surface area contributed by atoms with Gasteiger partial charge in [0.1, 0.15) is 29.0 Å². The van der Waals surface area contributed by atoms with Crippen LogP contribution in [0.1, 0.15) is 53.6 Å². The normalized spacial score (nSPS) is 15.3. The summed E-state index contributed by atoms with van der Waals surface area (Å²) in [5, 5.41) is 0. The molecule has 64 heavy (non-hydrogen) atoms. The van der Waals surface area contributed by atoms with Crippen LogP contribution < -0.4 is 4.74 Å². The molecule has 1 amide bonds. The molecule has 0 bridgehead atoms. The van der Waals surface area contributed by atoms with Gasteiger partial charge >= 0.3 is 0 Å². The van der Waals surface area contributed by atoms with Crippen LogP contribution in [0.25, 0.3) is 44.3 Å². The van der Waals surface area contributed by atoms with Gasteiger partial charge in [-0.15, -0.1) is 0 Å². The summed E-state index contributed by atoms with van der Waals surface area (Å²) in [6, 6.07) is 41.4. The van der Waals surface area contributed by atoms with Gasteiger partial charge in [0, 0.05) is 44.1 Å². The van der Waals surface area contributed by atoms with Gasteiger partial charge in [-0.25, -0.2) is 27.2 Å². The van der Waals surface area contributed by atoms with E-state index >= 15 is 0 Å². The fourth-order valence-electron chi connectivity index (χ4n) is 8.78. The van der Waals surface area contributed by atoms with Gasteiger partial charge in [-0.05, 0) is 109 Å². The summed E-state index contributed by atoms with van der Waals surface area (Å²) in [7, 11) is -1.97. The Bertz CT molecular complexity index is 2980. The molecule has 0 atom stereocenters. The topological polar surface area (TPSA) is 124 Å². The number of rotatable bonds is 9. The van der Waals surface area contributed by atoms with Crippen LogP contribution in [0.5, 0.6) is 5.75 Å². The molecule has 2 fully saturated rings. The zero-order valence-corrected chi connectivity index (χ0v) is 36.2. The number of imidazole rings is 2. The largest absolute Gasteiger partial charge is 0.496 e. The van der Waals surface area contributed by atoms with Gasteiger partial charge in [-0.1, -0.05) is 78.9 Å². The van der Waals surface area contributed by atoms with Crippen LogP contribution in [-0.2, 0) is 16.4 Å². The standard InChI is InChI=1S/C27H25F2N3O2.C24H23N3O2S/c1-34-25-15-18(20-4-2-3-5-22(20)29)6-8-21(25)27(33)32-12-10-17(11-13-32)14-26-30-23-9-7-19(28)16-24(23)31-26;28-30(29,21-12-10-19(11-13-21)18-6-2-1-3-7-18)27-16-14-20(15-17-27)24-25-22-8-4-5-9-23(22)26-24/h2-9,15-17H,10-14H2,1H3,(H,30,31);1-13,20H,14-17H2,(H,25,26). The van der Waals surface area contributed by atoms with E-state index in [1.165, 1.54) is 25.3 Å². The Labute approximate surface area is 371 Å². The fraction of sp³-hybridized carbons (Fsp3) is 0.235. The molecule has 2 aliphatic rings. The zero-order chi connectivity index (χ0) is 44.2. The lowest BCUT2D eigenvalue weighted by molar-refractivity contribution is 0.0686. The minimum absolute atomic E-state index is 0.0883. The maximum absolute atomic E-state index is 14.2. The molecule has 13 heteroatoms. The molecule has 326 valence electrons. The highest BCUT2D eigenvalue weighted by Crippen LogP contribution is 2.33. The Morgan fingerprint density at radius 1 is 0.688 bits per heavy atom. The molecule has 2 N–H and O–H groups in total. The number of nitrogens with zero attached hydrogens (tertiary/aromatic N) is 4. The number of fused-ring (bicyclic) bond motifs is 2. The number of sulfonamides is 1. The Balaban J connectivity index is 0.000000163. The molecule has 6 aromatic carbocycles. The van der Waals surface area contributed by atoms with Gasteiger partial charge in [0.25, 0.3) is 5.91 Å². The molecule has 2 saturated heterocycles. The van der Waals surface area contributed by atoms with Crippen molar-refractivity contribution in [3.63, 3.8) is 0 Å². The van der Waals surface area contributed by atoms with Crippen LogP contribution in [0.2, 0.25) is 0 Å². The number of para-hydroxylation sites is 2. The van der Waals surface area contributed by atoms with Crippen molar-refractivity contribution in [2.45, 2.75) is 42.9 Å². The first-order chi connectivity index (χ1) is 31.1. The predicted molar refractivity (Wildman–Crippen MR) is 245 cm³/mol. The summed E-state index contributed by atoms with van der Waals surface area (Å²) in [5.74, 6) is 2.18. The number of aromatic amines is 2. The third-order valence-electron chi connectivity index (χ3n) is 12.3. The van der Waals surface area contributed by atoms with Crippen molar-refractivity contribution in [1.29, 1.82) is 0 Å². The highest BCUT2D eigenvalue weighted by Gasteiger charge is 2.31. The van der Waals surface area contributed by atoms with Crippen LogP contribution in [-0.4, -0.2) is 76.8 Å². The van der Waals surface area contributed by atoms with E-state index in [1.54, 1.807) is 58.9 Å². The van der Waals surface area contributed by atoms with Crippen LogP contribution in [0.4, 0.5) is 8.78 Å². The first-order valence-electron chi connectivity index (χ1n) is 21.6. The van der Waals surface area contributed by atoms with Crippen LogP contribution >= 0.6 is 0 Å². The molecule has 0 unspecified atom stereocenters. The highest BCUT2D eigenvalue weighted by atomic mass is 32.2. The molecule has 2 aliphatic heterocycles. The van der Waals surface area contributed by atoms with E-state index in [0.717, 1.165) is 71.4 Å². The molecule has 0 spiro atoms. The van der Waals surface area contributed by atoms with E-state index in [0.29, 0.717) is 64.9 Å². The number of methoxy groups -OCH3 is 1. The Morgan fingerprint density at radius 2 is 1.36 bits per heavy atom. The van der Waals surface area contributed by atoms with Crippen LogP contribution in [0.15, 0.2) is 144 Å². The number of aromatic nitrogens is 4. The van der Waals surface area contributed by atoms with Gasteiger partial charge in [-0.3, -0.25) is 4.79 Å². The number of benzene rings is 6. The number of carbonyl (C=O) groups excluding carboxylic acids is 1. The second kappa shape index (κ2) is 18.6. The fourth-order valence-corrected chi connectivity index (χ4v) is 10.3. The number of hydrogen-bond acceptors (Lipinski definition) is 6. The summed E-state index contributed by atoms with van der Waals surface area (Å²) >= 11 is 0. The van der Waals surface area contributed by atoms with Crippen LogP contribution in [0, 0.1) is 17.6 Å². The SMILES string of the molecule is COc1cc(-c2ccccc2F)ccc1C(=O)N1CCC(Cc2nc3ccc(F)cc3[nH]2)CC1.O=S(=O)(c1ccc(-c2ccccc2)cc1)N1CCC(c2nc3ccccc3[nH]2)CC1. The average Bonchev–Trinajstić information content (AvgIpc) is 3.96. The van der Waals surface area contributed by atoms with Crippen molar-refractivity contribution in [1.82, 2.24) is 29.1 Å². The quantitative estimate of drug-likeness (QED) is 0.149. The number of likely N-dealkylation sites (tertiary alicyclic amines) is 1. The first kappa shape index (κ1) is 42.6. The summed E-state index contributed by atoms with van der Waals surface area (Å²) in [6.07, 6.45) is 4.00. The molecular weight excluding hydrogens is 831 g/mol. The number of halogens is 2. The second-order valence-corrected chi connectivity index (χ2v) is 18.3. The third-order valence-corrected chi connectivity index (χ3v) is 14.3. The molecule has 0 aliphatic carbocycles. The summed E-state index contributed by atoms with van der Waals surface area (Å²) in [4.78, 5) is 31.3. The maximum atomic E-state index is 14.2. The number of carbonyl (C=O) groups is 1. The monoisotopic (exact) mass is 878 g/mol. The number of piperidine rings is 2. The van der Waals surface area contributed by atoms with Crippen molar-refractivity contribution >= 4 is 38.0 Å². The molecule has 0 saturated carbocycles. The Morgan fingerprint density at radius 3 is 2.09 bits per heavy atom. The highest BCUT2D eigenvalue weighted by molar-refractivity contribution is 7.89. The maximum Gasteiger partial charge on any atom is 0.257 e. The summed E-state index contributed by atoms with van der Waals surface area (Å²) < 4.78 is 61.0. The van der Waals surface area contributed by atoms with E-state index in [1.807, 2.05) is 71.6 Å². The molecule has 0 radical (unpaired) electrons. The van der Waals surface area contributed by atoms with E-state index in [-0.39, 0.29) is 23.5 Å². The number of ether oxygens (including phenoxy) is 1. The smallest absolute Gasteiger partial charge is 0.257 e. The molecule has 2 aromatic heterocycles. The van der Waals surface area contributed by atoms with Crippen molar-refractivity contribution in [3.05, 3.63) is 168 Å². The molecule has 10 nitrogen and oxygen atoms in total. The van der Waals surface area contributed by atoms with Crippen molar-refractivity contribution < 1.29 is 26.7 Å². The number of hydrogen-bond donors (Lipinski definition) is 2.